The summed E-state index contributed by atoms with van der Waals surface area (Å²) in [6.45, 7) is 4.12. The quantitative estimate of drug-likeness (QED) is 0.460. The second-order valence-electron chi connectivity index (χ2n) is 3.72. The molecule has 88 valence electrons. The molecule has 0 aliphatic carbocycles. The van der Waals surface area contributed by atoms with E-state index in [0.717, 1.165) is 18.6 Å². The maximum Gasteiger partial charge on any atom is 0.281 e. The molecule has 1 aromatic rings. The third-order valence-corrected chi connectivity index (χ3v) is 3.10. The van der Waals surface area contributed by atoms with Gasteiger partial charge in [-0.25, -0.2) is 5.43 Å². The molecule has 0 unspecified atom stereocenters. The molecular formula is C12H18N2OS. The van der Waals surface area contributed by atoms with Gasteiger partial charge in [-0.15, -0.1) is 11.3 Å². The molecule has 0 radical (unpaired) electrons. The maximum absolute atomic E-state index is 11.5. The van der Waals surface area contributed by atoms with Crippen molar-refractivity contribution in [1.29, 1.82) is 0 Å². The molecular weight excluding hydrogens is 220 g/mol. The lowest BCUT2D eigenvalue weighted by Crippen LogP contribution is -2.17. The largest absolute Gasteiger partial charge is 0.281 e. The number of thiophene rings is 1. The topological polar surface area (TPSA) is 41.5 Å². The third kappa shape index (κ3) is 4.57. The number of carbonyl (C=O) groups excluding carboxylic acids is 1. The van der Waals surface area contributed by atoms with Crippen molar-refractivity contribution in [2.75, 3.05) is 0 Å². The maximum atomic E-state index is 11.5. The number of nitrogens with one attached hydrogen (secondary N) is 1. The Kier molecular flexibility index (Phi) is 5.78. The molecule has 4 heteroatoms. The number of unbranched alkanes of at least 4 members (excludes halogenated alkanes) is 2. The van der Waals surface area contributed by atoms with Crippen molar-refractivity contribution in [3.8, 4) is 0 Å². The van der Waals surface area contributed by atoms with E-state index in [9.17, 15) is 4.79 Å². The van der Waals surface area contributed by atoms with Crippen molar-refractivity contribution >= 4 is 23.0 Å². The average molecular weight is 238 g/mol. The van der Waals surface area contributed by atoms with Gasteiger partial charge in [0.2, 0.25) is 0 Å². The van der Waals surface area contributed by atoms with Crippen molar-refractivity contribution in [2.45, 2.75) is 39.5 Å². The van der Waals surface area contributed by atoms with Crippen LogP contribution in [0.5, 0.6) is 0 Å². The van der Waals surface area contributed by atoms with Gasteiger partial charge in [0.15, 0.2) is 0 Å². The van der Waals surface area contributed by atoms with Crippen molar-refractivity contribution in [1.82, 2.24) is 5.43 Å². The Labute approximate surface area is 101 Å². The van der Waals surface area contributed by atoms with Crippen LogP contribution in [0, 0.1) is 0 Å². The van der Waals surface area contributed by atoms with Crippen LogP contribution in [0.25, 0.3) is 0 Å². The summed E-state index contributed by atoms with van der Waals surface area (Å²) in [6, 6.07) is 3.65. The van der Waals surface area contributed by atoms with Gasteiger partial charge in [-0.05, 0) is 31.2 Å². The van der Waals surface area contributed by atoms with Crippen LogP contribution in [0.3, 0.4) is 0 Å². The Bertz CT molecular complexity index is 344. The Hall–Kier alpha value is -1.16. The van der Waals surface area contributed by atoms with E-state index in [1.165, 1.54) is 24.2 Å². The number of nitrogens with zero attached hydrogens (tertiary/aromatic N) is 1. The van der Waals surface area contributed by atoms with E-state index in [2.05, 4.69) is 17.5 Å². The van der Waals surface area contributed by atoms with Crippen LogP contribution in [0.1, 0.15) is 49.2 Å². The summed E-state index contributed by atoms with van der Waals surface area (Å²) >= 11 is 1.42. The van der Waals surface area contributed by atoms with Gasteiger partial charge in [-0.1, -0.05) is 25.8 Å². The number of hydrogen-bond acceptors (Lipinski definition) is 3. The molecule has 3 nitrogen and oxygen atoms in total. The normalized spacial score (nSPS) is 11.5. The summed E-state index contributed by atoms with van der Waals surface area (Å²) in [4.78, 5) is 12.2. The van der Waals surface area contributed by atoms with Crippen LogP contribution < -0.4 is 5.43 Å². The second kappa shape index (κ2) is 7.17. The molecule has 1 amide bonds. The van der Waals surface area contributed by atoms with Gasteiger partial charge in [0.25, 0.3) is 5.91 Å². The minimum Gasteiger partial charge on any atom is -0.266 e. The van der Waals surface area contributed by atoms with E-state index in [4.69, 9.17) is 0 Å². The zero-order valence-electron chi connectivity index (χ0n) is 9.82. The molecule has 16 heavy (non-hydrogen) atoms. The minimum atomic E-state index is -0.121. The van der Waals surface area contributed by atoms with Crippen molar-refractivity contribution in [2.24, 2.45) is 5.10 Å². The summed E-state index contributed by atoms with van der Waals surface area (Å²) in [5.74, 6) is -0.121. The lowest BCUT2D eigenvalue weighted by Gasteiger charge is -2.00. The lowest BCUT2D eigenvalue weighted by molar-refractivity contribution is 0.0958. The summed E-state index contributed by atoms with van der Waals surface area (Å²) in [5, 5.41) is 5.96. The van der Waals surface area contributed by atoms with Crippen LogP contribution >= 0.6 is 11.3 Å². The Morgan fingerprint density at radius 1 is 1.50 bits per heavy atom. The third-order valence-electron chi connectivity index (χ3n) is 2.24. The zero-order valence-corrected chi connectivity index (χ0v) is 10.6. The first-order valence-electron chi connectivity index (χ1n) is 5.61. The smallest absolute Gasteiger partial charge is 0.266 e. The molecule has 0 aliphatic rings. The first-order chi connectivity index (χ1) is 7.74. The minimum absolute atomic E-state index is 0.121. The Morgan fingerprint density at radius 3 is 2.94 bits per heavy atom. The van der Waals surface area contributed by atoms with Crippen molar-refractivity contribution < 1.29 is 4.79 Å². The highest BCUT2D eigenvalue weighted by Gasteiger charge is 2.04. The van der Waals surface area contributed by atoms with Gasteiger partial charge in [0, 0.05) is 5.71 Å². The van der Waals surface area contributed by atoms with Crippen LogP contribution in [0.15, 0.2) is 22.6 Å². The standard InChI is InChI=1S/C12H18N2OS/c1-3-4-5-7-10(2)13-14-12(15)11-8-6-9-16-11/h6,8-9H,3-5,7H2,1-2H3,(H,14,15)/b13-10-. The molecule has 1 rings (SSSR count). The molecule has 0 saturated heterocycles. The predicted molar refractivity (Wildman–Crippen MR) is 69.0 cm³/mol. The SMILES string of the molecule is CCCCC/C(C)=N\NC(=O)c1cccs1. The van der Waals surface area contributed by atoms with Crippen molar-refractivity contribution in [3.63, 3.8) is 0 Å². The fourth-order valence-electron chi connectivity index (χ4n) is 1.30. The monoisotopic (exact) mass is 238 g/mol. The zero-order chi connectivity index (χ0) is 11.8. The number of hydrazone groups is 1. The fourth-order valence-corrected chi connectivity index (χ4v) is 1.91. The van der Waals surface area contributed by atoms with E-state index in [1.54, 1.807) is 6.07 Å². The first kappa shape index (κ1) is 12.9. The fraction of sp³-hybridized carbons (Fsp3) is 0.500. The number of amides is 1. The molecule has 0 fully saturated rings. The van der Waals surface area contributed by atoms with E-state index in [-0.39, 0.29) is 5.91 Å². The summed E-state index contributed by atoms with van der Waals surface area (Å²) < 4.78 is 0. The van der Waals surface area contributed by atoms with Gasteiger partial charge in [0.05, 0.1) is 4.88 Å². The molecule has 0 atom stereocenters. The molecule has 1 heterocycles. The Balaban J connectivity index is 2.32. The summed E-state index contributed by atoms with van der Waals surface area (Å²) in [6.07, 6.45) is 4.51. The average Bonchev–Trinajstić information content (AvgIpc) is 2.79. The van der Waals surface area contributed by atoms with Crippen LogP contribution in [0.4, 0.5) is 0 Å². The second-order valence-corrected chi connectivity index (χ2v) is 4.67. The van der Waals surface area contributed by atoms with Gasteiger partial charge in [-0.3, -0.25) is 4.79 Å². The highest BCUT2D eigenvalue weighted by atomic mass is 32.1. The summed E-state index contributed by atoms with van der Waals surface area (Å²) in [7, 11) is 0. The van der Waals surface area contributed by atoms with Gasteiger partial charge < -0.3 is 0 Å². The first-order valence-corrected chi connectivity index (χ1v) is 6.49. The molecule has 0 aromatic carbocycles. The molecule has 0 saturated carbocycles. The van der Waals surface area contributed by atoms with Crippen LogP contribution in [-0.4, -0.2) is 11.6 Å². The van der Waals surface area contributed by atoms with E-state index >= 15 is 0 Å². The Morgan fingerprint density at radius 2 is 2.31 bits per heavy atom. The highest BCUT2D eigenvalue weighted by Crippen LogP contribution is 2.07. The molecule has 1 aromatic heterocycles. The highest BCUT2D eigenvalue weighted by molar-refractivity contribution is 7.12. The van der Waals surface area contributed by atoms with Crippen molar-refractivity contribution in [3.05, 3.63) is 22.4 Å². The van der Waals surface area contributed by atoms with Crippen LogP contribution in [0.2, 0.25) is 0 Å². The van der Waals surface area contributed by atoms with Gasteiger partial charge >= 0.3 is 0 Å². The van der Waals surface area contributed by atoms with Gasteiger partial charge in [-0.2, -0.15) is 5.10 Å². The number of rotatable bonds is 6. The predicted octanol–water partition coefficient (Wildman–Crippen LogP) is 3.43. The lowest BCUT2D eigenvalue weighted by atomic mass is 10.1. The van der Waals surface area contributed by atoms with Gasteiger partial charge in [0.1, 0.15) is 0 Å². The number of carbonyl (C=O) groups is 1. The van der Waals surface area contributed by atoms with E-state index in [0.29, 0.717) is 4.88 Å². The van der Waals surface area contributed by atoms with Crippen LogP contribution in [-0.2, 0) is 0 Å². The van der Waals surface area contributed by atoms with E-state index < -0.39 is 0 Å². The van der Waals surface area contributed by atoms with E-state index in [1.807, 2.05) is 18.4 Å². The summed E-state index contributed by atoms with van der Waals surface area (Å²) in [5.41, 5.74) is 3.56. The molecule has 0 aliphatic heterocycles. The number of hydrogen-bond donors (Lipinski definition) is 1. The molecule has 0 spiro atoms. The molecule has 0 bridgehead atoms. The molecule has 1 N–H and O–H groups in total.